The highest BCUT2D eigenvalue weighted by molar-refractivity contribution is 5.81. The third kappa shape index (κ3) is 2.33. The topological polar surface area (TPSA) is 73.3 Å². The van der Waals surface area contributed by atoms with Crippen molar-refractivity contribution >= 4 is 16.9 Å². The monoisotopic (exact) mass is 302 g/mol. The van der Waals surface area contributed by atoms with E-state index >= 15 is 0 Å². The van der Waals surface area contributed by atoms with Crippen molar-refractivity contribution in [1.29, 1.82) is 0 Å². The molecule has 2 N–H and O–H groups in total. The Morgan fingerprint density at radius 1 is 1.32 bits per heavy atom. The van der Waals surface area contributed by atoms with Crippen molar-refractivity contribution < 1.29 is 4.79 Å². The average Bonchev–Trinajstić information content (AvgIpc) is 2.75. The van der Waals surface area contributed by atoms with Gasteiger partial charge in [0.1, 0.15) is 6.54 Å². The van der Waals surface area contributed by atoms with E-state index in [9.17, 15) is 9.59 Å². The summed E-state index contributed by atoms with van der Waals surface area (Å²) in [7, 11) is 1.73. The normalized spacial score (nSPS) is 22.2. The van der Waals surface area contributed by atoms with Gasteiger partial charge in [0.15, 0.2) is 0 Å². The number of benzene rings is 1. The maximum Gasteiger partial charge on any atom is 0.329 e. The molecule has 22 heavy (non-hydrogen) atoms. The summed E-state index contributed by atoms with van der Waals surface area (Å²) in [4.78, 5) is 26.8. The van der Waals surface area contributed by atoms with Gasteiger partial charge in [0.05, 0.1) is 11.0 Å². The second-order valence-electron chi connectivity index (χ2n) is 6.05. The molecule has 2 atom stereocenters. The second-order valence-corrected chi connectivity index (χ2v) is 6.05. The predicted molar refractivity (Wildman–Crippen MR) is 85.6 cm³/mol. The Balaban J connectivity index is 1.92. The molecule has 0 bridgehead atoms. The molecule has 1 saturated heterocycles. The number of likely N-dealkylation sites (tertiary alicyclic amines) is 1. The average molecular weight is 302 g/mol. The third-order valence-electron chi connectivity index (χ3n) is 4.71. The molecule has 0 saturated carbocycles. The van der Waals surface area contributed by atoms with E-state index in [1.165, 1.54) is 0 Å². The minimum atomic E-state index is -0.163. The number of hydrogen-bond acceptors (Lipinski definition) is 3. The molecule has 2 heterocycles. The van der Waals surface area contributed by atoms with Crippen LogP contribution in [0, 0.1) is 0 Å². The lowest BCUT2D eigenvalue weighted by molar-refractivity contribution is -0.135. The van der Waals surface area contributed by atoms with Crippen LogP contribution in [0.4, 0.5) is 0 Å². The maximum absolute atomic E-state index is 12.6. The van der Waals surface area contributed by atoms with Gasteiger partial charge in [-0.2, -0.15) is 0 Å². The molecule has 1 fully saturated rings. The third-order valence-corrected chi connectivity index (χ3v) is 4.71. The number of nitrogens with zero attached hydrogens (tertiary/aromatic N) is 3. The molecule has 2 aromatic rings. The standard InChI is InChI=1S/C16H22N4O2/c1-11-12(17)6-5-9-19(11)15(21)10-20-14-8-4-3-7-13(14)18(2)16(20)22/h3-4,7-8,11-12H,5-6,9-10,17H2,1-2H3/t11-,12-/m1/s1. The molecule has 1 aromatic carbocycles. The van der Waals surface area contributed by atoms with Crippen molar-refractivity contribution in [3.8, 4) is 0 Å². The Morgan fingerprint density at radius 3 is 2.73 bits per heavy atom. The van der Waals surface area contributed by atoms with E-state index in [2.05, 4.69) is 0 Å². The Hall–Kier alpha value is -2.08. The summed E-state index contributed by atoms with van der Waals surface area (Å²) in [6.07, 6.45) is 1.86. The molecule has 0 unspecified atom stereocenters. The van der Waals surface area contributed by atoms with Crippen molar-refractivity contribution in [3.63, 3.8) is 0 Å². The van der Waals surface area contributed by atoms with Gasteiger partial charge in [-0.25, -0.2) is 4.79 Å². The van der Waals surface area contributed by atoms with Gasteiger partial charge in [-0.1, -0.05) is 12.1 Å². The number of amides is 1. The number of para-hydroxylation sites is 2. The van der Waals surface area contributed by atoms with E-state index in [-0.39, 0.29) is 30.2 Å². The van der Waals surface area contributed by atoms with Crippen molar-refractivity contribution in [2.75, 3.05) is 6.54 Å². The van der Waals surface area contributed by atoms with Crippen LogP contribution in [0.1, 0.15) is 19.8 Å². The fourth-order valence-corrected chi connectivity index (χ4v) is 3.27. The van der Waals surface area contributed by atoms with Crippen LogP contribution in [-0.2, 0) is 18.4 Å². The number of carbonyl (C=O) groups is 1. The van der Waals surface area contributed by atoms with Crippen LogP contribution in [0.25, 0.3) is 11.0 Å². The smallest absolute Gasteiger partial charge is 0.329 e. The Morgan fingerprint density at radius 2 is 2.00 bits per heavy atom. The van der Waals surface area contributed by atoms with E-state index in [1.54, 1.807) is 16.2 Å². The largest absolute Gasteiger partial charge is 0.337 e. The number of hydrogen-bond donors (Lipinski definition) is 1. The molecule has 1 aromatic heterocycles. The van der Waals surface area contributed by atoms with Crippen LogP contribution in [0.2, 0.25) is 0 Å². The molecule has 1 amide bonds. The molecule has 6 heteroatoms. The molecule has 6 nitrogen and oxygen atoms in total. The SMILES string of the molecule is C[C@@H]1[C@H](N)CCCN1C(=O)Cn1c(=O)n(C)c2ccccc21. The summed E-state index contributed by atoms with van der Waals surface area (Å²) in [6, 6.07) is 7.56. The van der Waals surface area contributed by atoms with Crippen LogP contribution in [0.5, 0.6) is 0 Å². The number of piperidine rings is 1. The number of nitrogens with two attached hydrogens (primary N) is 1. The number of rotatable bonds is 2. The summed E-state index contributed by atoms with van der Waals surface area (Å²) < 4.78 is 3.12. The Bertz CT molecular complexity index is 761. The summed E-state index contributed by atoms with van der Waals surface area (Å²) in [5.41, 5.74) is 7.52. The van der Waals surface area contributed by atoms with Gasteiger partial charge in [0, 0.05) is 25.7 Å². The first-order valence-corrected chi connectivity index (χ1v) is 7.70. The van der Waals surface area contributed by atoms with Crippen molar-refractivity contribution in [2.24, 2.45) is 12.8 Å². The summed E-state index contributed by atoms with van der Waals surface area (Å²) in [6.45, 7) is 2.76. The van der Waals surface area contributed by atoms with Gasteiger partial charge in [0.25, 0.3) is 0 Å². The summed E-state index contributed by atoms with van der Waals surface area (Å²) in [5, 5.41) is 0. The number of imidazole rings is 1. The van der Waals surface area contributed by atoms with Gasteiger partial charge in [-0.05, 0) is 31.9 Å². The van der Waals surface area contributed by atoms with E-state index < -0.39 is 0 Å². The lowest BCUT2D eigenvalue weighted by atomic mass is 9.98. The van der Waals surface area contributed by atoms with Crippen molar-refractivity contribution in [3.05, 3.63) is 34.7 Å². The zero-order valence-electron chi connectivity index (χ0n) is 13.0. The van der Waals surface area contributed by atoms with Gasteiger partial charge in [0.2, 0.25) is 5.91 Å². The lowest BCUT2D eigenvalue weighted by Gasteiger charge is -2.37. The van der Waals surface area contributed by atoms with Gasteiger partial charge in [-0.15, -0.1) is 0 Å². The van der Waals surface area contributed by atoms with Crippen LogP contribution >= 0.6 is 0 Å². The van der Waals surface area contributed by atoms with Gasteiger partial charge in [-0.3, -0.25) is 13.9 Å². The van der Waals surface area contributed by atoms with E-state index in [0.717, 1.165) is 23.9 Å². The number of aryl methyl sites for hydroxylation is 1. The molecule has 3 rings (SSSR count). The first kappa shape index (κ1) is 14.8. The van der Waals surface area contributed by atoms with Crippen LogP contribution in [-0.4, -0.2) is 38.6 Å². The summed E-state index contributed by atoms with van der Waals surface area (Å²) in [5.74, 6) is -0.0406. The zero-order valence-corrected chi connectivity index (χ0v) is 13.0. The molecule has 0 spiro atoms. The van der Waals surface area contributed by atoms with Crippen molar-refractivity contribution in [1.82, 2.24) is 14.0 Å². The van der Waals surface area contributed by atoms with E-state index in [0.29, 0.717) is 6.54 Å². The fraction of sp³-hybridized carbons (Fsp3) is 0.500. The number of fused-ring (bicyclic) bond motifs is 1. The van der Waals surface area contributed by atoms with Crippen LogP contribution < -0.4 is 11.4 Å². The van der Waals surface area contributed by atoms with Crippen LogP contribution in [0.15, 0.2) is 29.1 Å². The highest BCUT2D eigenvalue weighted by Gasteiger charge is 2.29. The van der Waals surface area contributed by atoms with Crippen molar-refractivity contribution in [2.45, 2.75) is 38.4 Å². The zero-order chi connectivity index (χ0) is 15.9. The minimum absolute atomic E-state index is 0.0157. The first-order valence-electron chi connectivity index (χ1n) is 7.70. The Kier molecular flexibility index (Phi) is 3.78. The quantitative estimate of drug-likeness (QED) is 0.886. The van der Waals surface area contributed by atoms with Gasteiger partial charge >= 0.3 is 5.69 Å². The molecule has 1 aliphatic rings. The molecule has 1 aliphatic heterocycles. The lowest BCUT2D eigenvalue weighted by Crippen LogP contribution is -2.53. The second kappa shape index (κ2) is 5.61. The Labute approximate surface area is 129 Å². The molecule has 0 aliphatic carbocycles. The van der Waals surface area contributed by atoms with Crippen LogP contribution in [0.3, 0.4) is 0 Å². The number of carbonyl (C=O) groups excluding carboxylic acids is 1. The molecular formula is C16H22N4O2. The van der Waals surface area contributed by atoms with Gasteiger partial charge < -0.3 is 10.6 Å². The first-order chi connectivity index (χ1) is 10.5. The van der Waals surface area contributed by atoms with E-state index in [4.69, 9.17) is 5.73 Å². The predicted octanol–water partition coefficient (Wildman–Crippen LogP) is 0.678. The van der Waals surface area contributed by atoms with E-state index in [1.807, 2.05) is 36.1 Å². The highest BCUT2D eigenvalue weighted by atomic mass is 16.2. The molecular weight excluding hydrogens is 280 g/mol. The highest BCUT2D eigenvalue weighted by Crippen LogP contribution is 2.17. The summed E-state index contributed by atoms with van der Waals surface area (Å²) >= 11 is 0. The fourth-order valence-electron chi connectivity index (χ4n) is 3.27. The molecule has 118 valence electrons. The number of aromatic nitrogens is 2. The maximum atomic E-state index is 12.6. The molecule has 0 radical (unpaired) electrons. The minimum Gasteiger partial charge on any atom is -0.337 e.